The Labute approximate surface area is 94.8 Å². The molecule has 96 valence electrons. The van der Waals surface area contributed by atoms with Crippen molar-refractivity contribution in [2.75, 3.05) is 13.4 Å². The minimum absolute atomic E-state index is 0.258. The van der Waals surface area contributed by atoms with E-state index >= 15 is 0 Å². The van der Waals surface area contributed by atoms with Crippen LogP contribution in [0.15, 0.2) is 0 Å². The summed E-state index contributed by atoms with van der Waals surface area (Å²) in [6, 6.07) is 0. The Balaban J connectivity index is 0. The lowest BCUT2D eigenvalue weighted by Gasteiger charge is -2.01. The summed E-state index contributed by atoms with van der Waals surface area (Å²) in [6.45, 7) is 2.85. The molecule has 0 amide bonds. The molecule has 0 saturated heterocycles. The molecule has 16 heavy (non-hydrogen) atoms. The molecule has 0 radical (unpaired) electrons. The lowest BCUT2D eigenvalue weighted by atomic mass is 10.1. The summed E-state index contributed by atoms with van der Waals surface area (Å²) in [5.41, 5.74) is 0. The maximum Gasteiger partial charge on any atom is 0.308 e. The summed E-state index contributed by atoms with van der Waals surface area (Å²) in [5.74, 6) is -1.83. The lowest BCUT2D eigenvalue weighted by molar-refractivity contribution is -0.151. The van der Waals surface area contributed by atoms with Crippen LogP contribution >= 0.6 is 0 Å². The van der Waals surface area contributed by atoms with Gasteiger partial charge < -0.3 is 20.1 Å². The SMILES string of the molecule is CCC(CO)C(=O)O.CCCC(=O)OCO. The standard InChI is InChI=1S/2C5H10O3/c1-2-4(3-6)5(7)8;1-2-3-5(7)8-4-6/h4,6H,2-3H2,1H3,(H,7,8);6H,2-4H2,1H3. The highest BCUT2D eigenvalue weighted by Crippen LogP contribution is 1.98. The first-order valence-corrected chi connectivity index (χ1v) is 5.13. The van der Waals surface area contributed by atoms with Crippen LogP contribution in [0.2, 0.25) is 0 Å². The molecule has 1 unspecified atom stereocenters. The van der Waals surface area contributed by atoms with Crippen LogP contribution in [0.25, 0.3) is 0 Å². The number of hydrogen-bond acceptors (Lipinski definition) is 5. The summed E-state index contributed by atoms with van der Waals surface area (Å²) < 4.78 is 4.20. The number of aliphatic hydroxyl groups excluding tert-OH is 2. The molecule has 1 atom stereocenters. The zero-order valence-electron chi connectivity index (χ0n) is 9.68. The predicted octanol–water partition coefficient (Wildman–Crippen LogP) is 0.369. The van der Waals surface area contributed by atoms with E-state index < -0.39 is 18.7 Å². The normalized spacial score (nSPS) is 11.0. The zero-order valence-corrected chi connectivity index (χ0v) is 9.68. The van der Waals surface area contributed by atoms with Gasteiger partial charge in [0.15, 0.2) is 6.79 Å². The van der Waals surface area contributed by atoms with Crippen LogP contribution in [0.4, 0.5) is 0 Å². The zero-order chi connectivity index (χ0) is 13.0. The minimum Gasteiger partial charge on any atom is -0.481 e. The lowest BCUT2D eigenvalue weighted by Crippen LogP contribution is -2.16. The van der Waals surface area contributed by atoms with Crippen molar-refractivity contribution in [2.24, 2.45) is 5.92 Å². The second-order valence-corrected chi connectivity index (χ2v) is 3.02. The van der Waals surface area contributed by atoms with Gasteiger partial charge in [-0.1, -0.05) is 13.8 Å². The molecule has 0 fully saturated rings. The van der Waals surface area contributed by atoms with E-state index in [1.165, 1.54) is 0 Å². The Hall–Kier alpha value is -1.14. The number of esters is 1. The van der Waals surface area contributed by atoms with E-state index in [0.717, 1.165) is 6.42 Å². The van der Waals surface area contributed by atoms with Crippen LogP contribution in [0.3, 0.4) is 0 Å². The predicted molar refractivity (Wildman–Crippen MR) is 56.6 cm³/mol. The van der Waals surface area contributed by atoms with Gasteiger partial charge in [0.1, 0.15) is 0 Å². The van der Waals surface area contributed by atoms with Gasteiger partial charge in [-0.05, 0) is 12.8 Å². The summed E-state index contributed by atoms with van der Waals surface area (Å²) >= 11 is 0. The van der Waals surface area contributed by atoms with E-state index in [4.69, 9.17) is 15.3 Å². The van der Waals surface area contributed by atoms with Gasteiger partial charge in [0, 0.05) is 6.42 Å². The Morgan fingerprint density at radius 2 is 1.81 bits per heavy atom. The highest BCUT2D eigenvalue weighted by Gasteiger charge is 2.11. The van der Waals surface area contributed by atoms with Crippen LogP contribution in [0.1, 0.15) is 33.1 Å². The second kappa shape index (κ2) is 11.9. The molecular weight excluding hydrogens is 216 g/mol. The number of carboxylic acids is 1. The highest BCUT2D eigenvalue weighted by atomic mass is 16.6. The molecule has 0 aliphatic heterocycles. The number of carboxylic acid groups (broad SMARTS) is 1. The van der Waals surface area contributed by atoms with Gasteiger partial charge in [0.05, 0.1) is 12.5 Å². The average Bonchev–Trinajstić information content (AvgIpc) is 2.20. The van der Waals surface area contributed by atoms with Crippen molar-refractivity contribution in [1.82, 2.24) is 0 Å². The quantitative estimate of drug-likeness (QED) is 0.454. The van der Waals surface area contributed by atoms with Gasteiger partial charge in [0.25, 0.3) is 0 Å². The summed E-state index contributed by atoms with van der Waals surface area (Å²) in [7, 11) is 0. The van der Waals surface area contributed by atoms with Gasteiger partial charge in [-0.15, -0.1) is 0 Å². The van der Waals surface area contributed by atoms with Crippen LogP contribution in [-0.2, 0) is 14.3 Å². The fourth-order valence-corrected chi connectivity index (χ4v) is 0.730. The first-order valence-electron chi connectivity index (χ1n) is 5.13. The van der Waals surface area contributed by atoms with E-state index in [2.05, 4.69) is 4.74 Å². The molecule has 0 spiro atoms. The fourth-order valence-electron chi connectivity index (χ4n) is 0.730. The first-order chi connectivity index (χ1) is 7.53. The number of hydrogen-bond donors (Lipinski definition) is 3. The molecule has 0 aliphatic carbocycles. The molecule has 0 rings (SSSR count). The minimum atomic E-state index is -0.921. The molecule has 3 N–H and O–H groups in total. The average molecular weight is 236 g/mol. The number of carbonyl (C=O) groups is 2. The molecule has 0 aromatic carbocycles. The molecule has 0 aliphatic rings. The summed E-state index contributed by atoms with van der Waals surface area (Å²) in [4.78, 5) is 20.3. The molecule has 0 bridgehead atoms. The van der Waals surface area contributed by atoms with Crippen molar-refractivity contribution < 1.29 is 29.6 Å². The fraction of sp³-hybridized carbons (Fsp3) is 0.800. The van der Waals surface area contributed by atoms with Crippen LogP contribution in [0.5, 0.6) is 0 Å². The highest BCUT2D eigenvalue weighted by molar-refractivity contribution is 5.70. The molecule has 0 aromatic heterocycles. The third-order valence-corrected chi connectivity index (χ3v) is 1.74. The molecule has 6 nitrogen and oxygen atoms in total. The molecule has 0 heterocycles. The monoisotopic (exact) mass is 236 g/mol. The smallest absolute Gasteiger partial charge is 0.308 e. The van der Waals surface area contributed by atoms with Crippen molar-refractivity contribution in [1.29, 1.82) is 0 Å². The summed E-state index contributed by atoms with van der Waals surface area (Å²) in [6.07, 6.45) is 1.64. The number of aliphatic hydroxyl groups is 2. The van der Waals surface area contributed by atoms with Gasteiger partial charge >= 0.3 is 11.9 Å². The largest absolute Gasteiger partial charge is 0.481 e. The van der Waals surface area contributed by atoms with Gasteiger partial charge in [-0.3, -0.25) is 9.59 Å². The Morgan fingerprint density at radius 3 is 2.00 bits per heavy atom. The Morgan fingerprint density at radius 1 is 1.25 bits per heavy atom. The topological polar surface area (TPSA) is 104 Å². The number of ether oxygens (including phenoxy) is 1. The van der Waals surface area contributed by atoms with Crippen LogP contribution < -0.4 is 0 Å². The van der Waals surface area contributed by atoms with Crippen molar-refractivity contribution >= 4 is 11.9 Å². The molecule has 6 heteroatoms. The third-order valence-electron chi connectivity index (χ3n) is 1.74. The van der Waals surface area contributed by atoms with Crippen LogP contribution in [0, 0.1) is 5.92 Å². The number of carbonyl (C=O) groups excluding carboxylic acids is 1. The Kier molecular flexibility index (Phi) is 12.9. The number of aliphatic carboxylic acids is 1. The van der Waals surface area contributed by atoms with Crippen LogP contribution in [-0.4, -0.2) is 40.7 Å². The Bertz CT molecular complexity index is 178. The second-order valence-electron chi connectivity index (χ2n) is 3.02. The molecular formula is C10H20O6. The van der Waals surface area contributed by atoms with E-state index in [9.17, 15) is 9.59 Å². The van der Waals surface area contributed by atoms with E-state index in [0.29, 0.717) is 12.8 Å². The van der Waals surface area contributed by atoms with E-state index in [1.54, 1.807) is 6.92 Å². The molecule has 0 saturated carbocycles. The third kappa shape index (κ3) is 10.9. The van der Waals surface area contributed by atoms with Gasteiger partial charge in [0.2, 0.25) is 0 Å². The van der Waals surface area contributed by atoms with Crippen molar-refractivity contribution in [3.05, 3.63) is 0 Å². The van der Waals surface area contributed by atoms with Gasteiger partial charge in [-0.25, -0.2) is 0 Å². The van der Waals surface area contributed by atoms with Crippen molar-refractivity contribution in [3.8, 4) is 0 Å². The first kappa shape index (κ1) is 17.3. The van der Waals surface area contributed by atoms with Crippen molar-refractivity contribution in [3.63, 3.8) is 0 Å². The maximum absolute atomic E-state index is 10.3. The maximum atomic E-state index is 10.3. The molecule has 0 aromatic rings. The summed E-state index contributed by atoms with van der Waals surface area (Å²) in [5, 5.41) is 24.5. The van der Waals surface area contributed by atoms with E-state index in [1.807, 2.05) is 6.92 Å². The van der Waals surface area contributed by atoms with Gasteiger partial charge in [-0.2, -0.15) is 0 Å². The van der Waals surface area contributed by atoms with E-state index in [-0.39, 0.29) is 12.6 Å². The number of rotatable bonds is 6. The van der Waals surface area contributed by atoms with Crippen molar-refractivity contribution in [2.45, 2.75) is 33.1 Å².